The normalized spacial score (nSPS) is 10.4. The summed E-state index contributed by atoms with van der Waals surface area (Å²) in [5, 5.41) is 15.4. The molecule has 1 amide bonds. The van der Waals surface area contributed by atoms with E-state index in [1.165, 1.54) is 32.0 Å². The van der Waals surface area contributed by atoms with E-state index in [1.54, 1.807) is 6.92 Å². The molecule has 0 saturated heterocycles. The van der Waals surface area contributed by atoms with Crippen LogP contribution in [-0.2, 0) is 16.5 Å². The molecule has 2 N–H and O–H groups in total. The predicted molar refractivity (Wildman–Crippen MR) is 94.5 cm³/mol. The maximum absolute atomic E-state index is 12.5. The fourth-order valence-electron chi connectivity index (χ4n) is 2.32. The summed E-state index contributed by atoms with van der Waals surface area (Å²) in [6, 6.07) is 0. The zero-order chi connectivity index (χ0) is 20.3. The standard InChI is InChI=1S/C16H17N3O7S/c1-5-26-16(24)11-7(2)9(15(23)25-4)13(27-11)17-12(20)8-6-19(3)18-10(8)14(21)22/h6H,5H2,1-4H3,(H,17,20)(H,21,22). The molecule has 0 bridgehead atoms. The molecule has 27 heavy (non-hydrogen) atoms. The van der Waals surface area contributed by atoms with E-state index in [2.05, 4.69) is 10.4 Å². The summed E-state index contributed by atoms with van der Waals surface area (Å²) in [4.78, 5) is 48.1. The van der Waals surface area contributed by atoms with Gasteiger partial charge in [-0.1, -0.05) is 0 Å². The Labute approximate surface area is 157 Å². The number of nitrogens with one attached hydrogen (secondary N) is 1. The largest absolute Gasteiger partial charge is 0.476 e. The molecule has 2 aromatic heterocycles. The highest BCUT2D eigenvalue weighted by molar-refractivity contribution is 7.18. The average molecular weight is 395 g/mol. The number of anilines is 1. The van der Waals surface area contributed by atoms with Crippen LogP contribution in [0.1, 0.15) is 53.4 Å². The molecule has 0 spiro atoms. The van der Waals surface area contributed by atoms with Gasteiger partial charge in [-0.15, -0.1) is 11.3 Å². The van der Waals surface area contributed by atoms with Crippen molar-refractivity contribution in [2.45, 2.75) is 13.8 Å². The molecular formula is C16H17N3O7S. The molecule has 2 rings (SSSR count). The van der Waals surface area contributed by atoms with Crippen molar-refractivity contribution < 1.29 is 33.8 Å². The third kappa shape index (κ3) is 3.97. The molecule has 2 aromatic rings. The molecule has 0 aliphatic rings. The van der Waals surface area contributed by atoms with E-state index < -0.39 is 29.5 Å². The second-order valence-corrected chi connectivity index (χ2v) is 6.32. The van der Waals surface area contributed by atoms with Crippen LogP contribution in [0.25, 0.3) is 0 Å². The fraction of sp³-hybridized carbons (Fsp3) is 0.312. The highest BCUT2D eigenvalue weighted by atomic mass is 32.1. The fourth-order valence-corrected chi connectivity index (χ4v) is 3.41. The van der Waals surface area contributed by atoms with Gasteiger partial charge in [-0.05, 0) is 19.4 Å². The molecule has 0 aliphatic heterocycles. The number of nitrogens with zero attached hydrogens (tertiary/aromatic N) is 2. The van der Waals surface area contributed by atoms with Gasteiger partial charge in [0.15, 0.2) is 5.69 Å². The zero-order valence-corrected chi connectivity index (χ0v) is 15.8. The van der Waals surface area contributed by atoms with Crippen molar-refractivity contribution in [2.24, 2.45) is 7.05 Å². The number of aromatic carboxylic acids is 1. The first kappa shape index (κ1) is 20.1. The minimum atomic E-state index is -1.37. The number of carboxylic acid groups (broad SMARTS) is 1. The number of ether oxygens (including phenoxy) is 2. The van der Waals surface area contributed by atoms with Crippen molar-refractivity contribution in [1.29, 1.82) is 0 Å². The predicted octanol–water partition coefficient (Wildman–Crippen LogP) is 1.70. The number of amides is 1. The van der Waals surface area contributed by atoms with Crippen LogP contribution in [0, 0.1) is 6.92 Å². The number of carbonyl (C=O) groups excluding carboxylic acids is 3. The van der Waals surface area contributed by atoms with Crippen molar-refractivity contribution in [3.8, 4) is 0 Å². The summed E-state index contributed by atoms with van der Waals surface area (Å²) in [5.41, 5.74) is -0.331. The first-order valence-corrected chi connectivity index (χ1v) is 8.49. The second-order valence-electron chi connectivity index (χ2n) is 5.30. The van der Waals surface area contributed by atoms with Crippen LogP contribution in [0.2, 0.25) is 0 Å². The Balaban J connectivity index is 2.47. The van der Waals surface area contributed by atoms with E-state index >= 15 is 0 Å². The number of hydrogen-bond donors (Lipinski definition) is 2. The van der Waals surface area contributed by atoms with E-state index in [0.717, 1.165) is 11.3 Å². The Morgan fingerprint density at radius 2 is 1.96 bits per heavy atom. The van der Waals surface area contributed by atoms with Crippen LogP contribution < -0.4 is 5.32 Å². The maximum Gasteiger partial charge on any atom is 0.357 e. The van der Waals surface area contributed by atoms with E-state index in [4.69, 9.17) is 14.6 Å². The molecule has 11 heteroatoms. The smallest absolute Gasteiger partial charge is 0.357 e. The number of carbonyl (C=O) groups is 4. The lowest BCUT2D eigenvalue weighted by molar-refractivity contribution is 0.0530. The third-order valence-electron chi connectivity index (χ3n) is 3.50. The van der Waals surface area contributed by atoms with Gasteiger partial charge in [-0.2, -0.15) is 5.10 Å². The molecule has 2 heterocycles. The van der Waals surface area contributed by atoms with Gasteiger partial charge in [-0.3, -0.25) is 9.48 Å². The SMILES string of the molecule is CCOC(=O)c1sc(NC(=O)c2cn(C)nc2C(=O)O)c(C(=O)OC)c1C. The topological polar surface area (TPSA) is 137 Å². The summed E-state index contributed by atoms with van der Waals surface area (Å²) in [5.74, 6) is -3.55. The molecule has 0 unspecified atom stereocenters. The highest BCUT2D eigenvalue weighted by Gasteiger charge is 2.28. The number of thiophene rings is 1. The molecule has 144 valence electrons. The van der Waals surface area contributed by atoms with Gasteiger partial charge in [-0.25, -0.2) is 14.4 Å². The summed E-state index contributed by atoms with van der Waals surface area (Å²) < 4.78 is 10.9. The Morgan fingerprint density at radius 1 is 1.30 bits per heavy atom. The van der Waals surface area contributed by atoms with Crippen molar-refractivity contribution >= 4 is 40.2 Å². The van der Waals surface area contributed by atoms with Crippen molar-refractivity contribution in [1.82, 2.24) is 9.78 Å². The number of aryl methyl sites for hydroxylation is 1. The first-order valence-electron chi connectivity index (χ1n) is 7.68. The summed E-state index contributed by atoms with van der Waals surface area (Å²) in [6.07, 6.45) is 1.24. The summed E-state index contributed by atoms with van der Waals surface area (Å²) >= 11 is 0.840. The minimum Gasteiger partial charge on any atom is -0.476 e. The lowest BCUT2D eigenvalue weighted by atomic mass is 10.1. The van der Waals surface area contributed by atoms with Gasteiger partial charge < -0.3 is 19.9 Å². The quantitative estimate of drug-likeness (QED) is 0.705. The summed E-state index contributed by atoms with van der Waals surface area (Å²) in [7, 11) is 2.63. The Bertz CT molecular complexity index is 929. The van der Waals surface area contributed by atoms with Crippen molar-refractivity contribution in [3.05, 3.63) is 33.5 Å². The van der Waals surface area contributed by atoms with E-state index in [9.17, 15) is 19.2 Å². The monoisotopic (exact) mass is 395 g/mol. The van der Waals surface area contributed by atoms with E-state index in [0.29, 0.717) is 5.56 Å². The molecular weight excluding hydrogens is 378 g/mol. The lowest BCUT2D eigenvalue weighted by Gasteiger charge is -2.05. The third-order valence-corrected chi connectivity index (χ3v) is 4.69. The van der Waals surface area contributed by atoms with Crippen LogP contribution in [0.5, 0.6) is 0 Å². The van der Waals surface area contributed by atoms with Crippen molar-refractivity contribution in [2.75, 3.05) is 19.0 Å². The Morgan fingerprint density at radius 3 is 2.52 bits per heavy atom. The molecule has 0 fully saturated rings. The number of methoxy groups -OCH3 is 1. The van der Waals surface area contributed by atoms with E-state index in [1.807, 2.05) is 0 Å². The highest BCUT2D eigenvalue weighted by Crippen LogP contribution is 2.34. The Hall–Kier alpha value is -3.21. The number of rotatable bonds is 6. The number of esters is 2. The van der Waals surface area contributed by atoms with Gasteiger partial charge >= 0.3 is 17.9 Å². The van der Waals surface area contributed by atoms with Crippen LogP contribution in [0.15, 0.2) is 6.20 Å². The maximum atomic E-state index is 12.5. The summed E-state index contributed by atoms with van der Waals surface area (Å²) in [6.45, 7) is 3.31. The number of aromatic nitrogens is 2. The van der Waals surface area contributed by atoms with E-state index in [-0.39, 0.29) is 27.6 Å². The van der Waals surface area contributed by atoms with Gasteiger partial charge in [0.1, 0.15) is 9.88 Å². The number of carboxylic acids is 1. The second kappa shape index (κ2) is 7.99. The molecule has 0 aromatic carbocycles. The first-order chi connectivity index (χ1) is 12.7. The van der Waals surface area contributed by atoms with Crippen LogP contribution in [-0.4, -0.2) is 52.4 Å². The van der Waals surface area contributed by atoms with Gasteiger partial charge in [0, 0.05) is 13.2 Å². The van der Waals surface area contributed by atoms with Crippen LogP contribution in [0.3, 0.4) is 0 Å². The molecule has 0 aliphatic carbocycles. The van der Waals surface area contributed by atoms with Gasteiger partial charge in [0.05, 0.1) is 24.8 Å². The van der Waals surface area contributed by atoms with Crippen LogP contribution in [0.4, 0.5) is 5.00 Å². The molecule has 0 saturated carbocycles. The molecule has 10 nitrogen and oxygen atoms in total. The number of hydrogen-bond acceptors (Lipinski definition) is 8. The van der Waals surface area contributed by atoms with Crippen molar-refractivity contribution in [3.63, 3.8) is 0 Å². The molecule has 0 radical (unpaired) electrons. The van der Waals surface area contributed by atoms with Gasteiger partial charge in [0.2, 0.25) is 0 Å². The lowest BCUT2D eigenvalue weighted by Crippen LogP contribution is -2.16. The van der Waals surface area contributed by atoms with Crippen LogP contribution >= 0.6 is 11.3 Å². The zero-order valence-electron chi connectivity index (χ0n) is 15.0. The van der Waals surface area contributed by atoms with Gasteiger partial charge in [0.25, 0.3) is 5.91 Å². The average Bonchev–Trinajstić information content (AvgIpc) is 3.15. The Kier molecular flexibility index (Phi) is 5.95. The minimum absolute atomic E-state index is 0.000307. The molecule has 0 atom stereocenters.